The number of aromatic nitrogens is 2. The largest absolute Gasteiger partial charge is 0.364 e. The molecule has 1 aromatic rings. The van der Waals surface area contributed by atoms with Gasteiger partial charge in [-0.3, -0.25) is 4.79 Å². The van der Waals surface area contributed by atoms with E-state index in [1.54, 1.807) is 12.1 Å². The molecule has 2 heterocycles. The number of nitrogens with zero attached hydrogens (tertiary/aromatic N) is 2. The summed E-state index contributed by atoms with van der Waals surface area (Å²) >= 11 is 0. The average Bonchev–Trinajstić information content (AvgIpc) is 2.12. The lowest BCUT2D eigenvalue weighted by Crippen LogP contribution is -2.51. The van der Waals surface area contributed by atoms with Gasteiger partial charge >= 0.3 is 0 Å². The molecule has 0 aromatic carbocycles. The number of carbonyl (C=O) groups excluding carboxylic acids is 1. The molecule has 0 atom stereocenters. The summed E-state index contributed by atoms with van der Waals surface area (Å²) in [6, 6.07) is 3.67. The number of nitrogens with one attached hydrogen (secondary N) is 2. The lowest BCUT2D eigenvalue weighted by Gasteiger charge is -2.28. The van der Waals surface area contributed by atoms with Crippen LogP contribution in [0.5, 0.6) is 0 Å². The van der Waals surface area contributed by atoms with Crippen LogP contribution in [0.1, 0.15) is 10.5 Å². The highest BCUT2D eigenvalue weighted by molar-refractivity contribution is 5.90. The van der Waals surface area contributed by atoms with Gasteiger partial charge in [-0.05, 0) is 12.1 Å². The number of anilines is 1. The molecule has 1 aromatic heterocycles. The van der Waals surface area contributed by atoms with Crippen LogP contribution in [-0.2, 0) is 0 Å². The zero-order chi connectivity index (χ0) is 9.97. The Balaban J connectivity index is 2.01. The Morgan fingerprint density at radius 2 is 2.29 bits per heavy atom. The Morgan fingerprint density at radius 1 is 1.50 bits per heavy atom. The molecule has 1 aliphatic heterocycles. The van der Waals surface area contributed by atoms with Crippen molar-refractivity contribution < 1.29 is 4.79 Å². The highest BCUT2D eigenvalue weighted by atomic mass is 16.1. The molecule has 0 aliphatic carbocycles. The van der Waals surface area contributed by atoms with Gasteiger partial charge in [0.05, 0.1) is 6.04 Å². The minimum absolute atomic E-state index is 0.183. The highest BCUT2D eigenvalue weighted by Gasteiger charge is 2.16. The van der Waals surface area contributed by atoms with Crippen molar-refractivity contribution >= 4 is 11.7 Å². The standard InChI is InChI=1S/C8H11N5O/c9-8(14)6-1-2-7(13-12-6)11-5-3-10-4-5/h1-2,5,10H,3-4H2,(H2,9,14)(H,11,13). The second-order valence-corrected chi connectivity index (χ2v) is 3.17. The van der Waals surface area contributed by atoms with E-state index in [9.17, 15) is 4.79 Å². The van der Waals surface area contributed by atoms with E-state index in [1.165, 1.54) is 0 Å². The number of rotatable bonds is 3. The Morgan fingerprint density at radius 3 is 2.71 bits per heavy atom. The summed E-state index contributed by atoms with van der Waals surface area (Å²) in [6.45, 7) is 1.86. The van der Waals surface area contributed by atoms with Gasteiger partial charge in [-0.1, -0.05) is 0 Å². The van der Waals surface area contributed by atoms with Crippen LogP contribution in [0.25, 0.3) is 0 Å². The van der Waals surface area contributed by atoms with E-state index < -0.39 is 5.91 Å². The van der Waals surface area contributed by atoms with Gasteiger partial charge < -0.3 is 16.4 Å². The molecule has 14 heavy (non-hydrogen) atoms. The number of nitrogens with two attached hydrogens (primary N) is 1. The van der Waals surface area contributed by atoms with E-state index in [4.69, 9.17) is 5.73 Å². The van der Waals surface area contributed by atoms with Gasteiger partial charge in [0.1, 0.15) is 5.82 Å². The third-order valence-corrected chi connectivity index (χ3v) is 2.05. The summed E-state index contributed by atoms with van der Waals surface area (Å²) in [6.07, 6.45) is 0. The third kappa shape index (κ3) is 1.80. The maximum atomic E-state index is 10.7. The Kier molecular flexibility index (Phi) is 2.28. The summed E-state index contributed by atoms with van der Waals surface area (Å²) in [5.74, 6) is 0.107. The van der Waals surface area contributed by atoms with Crippen LogP contribution in [0.3, 0.4) is 0 Å². The Hall–Kier alpha value is -1.69. The van der Waals surface area contributed by atoms with E-state index >= 15 is 0 Å². The van der Waals surface area contributed by atoms with Crippen LogP contribution in [-0.4, -0.2) is 35.2 Å². The molecule has 1 fully saturated rings. The van der Waals surface area contributed by atoms with Crippen molar-refractivity contribution in [2.45, 2.75) is 6.04 Å². The van der Waals surface area contributed by atoms with Crippen molar-refractivity contribution in [3.8, 4) is 0 Å². The molecule has 1 amide bonds. The van der Waals surface area contributed by atoms with Crippen molar-refractivity contribution in [2.24, 2.45) is 5.73 Å². The molecule has 6 nitrogen and oxygen atoms in total. The lowest BCUT2D eigenvalue weighted by molar-refractivity contribution is 0.0994. The van der Waals surface area contributed by atoms with Gasteiger partial charge in [-0.25, -0.2) is 0 Å². The zero-order valence-corrected chi connectivity index (χ0v) is 7.53. The fourth-order valence-corrected chi connectivity index (χ4v) is 1.14. The normalized spacial score (nSPS) is 16.0. The van der Waals surface area contributed by atoms with Crippen molar-refractivity contribution in [1.82, 2.24) is 15.5 Å². The molecule has 1 saturated heterocycles. The van der Waals surface area contributed by atoms with E-state index in [2.05, 4.69) is 20.8 Å². The summed E-state index contributed by atoms with van der Waals surface area (Å²) in [7, 11) is 0. The second-order valence-electron chi connectivity index (χ2n) is 3.17. The SMILES string of the molecule is NC(=O)c1ccc(NC2CNC2)nn1. The van der Waals surface area contributed by atoms with Gasteiger partial charge in [0, 0.05) is 13.1 Å². The Bertz CT molecular complexity index is 332. The van der Waals surface area contributed by atoms with Gasteiger partial charge in [-0.2, -0.15) is 0 Å². The van der Waals surface area contributed by atoms with Crippen LogP contribution >= 0.6 is 0 Å². The minimum atomic E-state index is -0.561. The predicted molar refractivity (Wildman–Crippen MR) is 50.8 cm³/mol. The Labute approximate surface area is 80.9 Å². The third-order valence-electron chi connectivity index (χ3n) is 2.05. The molecule has 0 saturated carbocycles. The molecule has 74 valence electrons. The second kappa shape index (κ2) is 3.59. The van der Waals surface area contributed by atoms with Crippen molar-refractivity contribution in [2.75, 3.05) is 18.4 Å². The first kappa shape index (κ1) is 8.89. The van der Waals surface area contributed by atoms with Crippen molar-refractivity contribution in [3.05, 3.63) is 17.8 Å². The first-order valence-electron chi connectivity index (χ1n) is 4.36. The quantitative estimate of drug-likeness (QED) is 0.570. The lowest BCUT2D eigenvalue weighted by atomic mass is 10.2. The molecular formula is C8H11N5O. The average molecular weight is 193 g/mol. The predicted octanol–water partition coefficient (Wildman–Crippen LogP) is -1.04. The minimum Gasteiger partial charge on any atom is -0.364 e. The van der Waals surface area contributed by atoms with E-state index in [0.717, 1.165) is 13.1 Å². The maximum Gasteiger partial charge on any atom is 0.269 e. The monoisotopic (exact) mass is 193 g/mol. The molecule has 2 rings (SSSR count). The van der Waals surface area contributed by atoms with Crippen LogP contribution in [0.15, 0.2) is 12.1 Å². The first-order chi connectivity index (χ1) is 6.75. The number of hydrogen-bond donors (Lipinski definition) is 3. The summed E-state index contributed by atoms with van der Waals surface area (Å²) in [4.78, 5) is 10.7. The van der Waals surface area contributed by atoms with E-state index in [-0.39, 0.29) is 5.69 Å². The van der Waals surface area contributed by atoms with Gasteiger partial charge in [0.15, 0.2) is 5.69 Å². The van der Waals surface area contributed by atoms with Gasteiger partial charge in [-0.15, -0.1) is 10.2 Å². The van der Waals surface area contributed by atoms with Crippen LogP contribution in [0.4, 0.5) is 5.82 Å². The summed E-state index contributed by atoms with van der Waals surface area (Å²) in [5, 5.41) is 13.8. The van der Waals surface area contributed by atoms with Crippen LogP contribution < -0.4 is 16.4 Å². The molecule has 0 bridgehead atoms. The van der Waals surface area contributed by atoms with E-state index in [1.807, 2.05) is 0 Å². The molecular weight excluding hydrogens is 182 g/mol. The van der Waals surface area contributed by atoms with E-state index in [0.29, 0.717) is 11.9 Å². The highest BCUT2D eigenvalue weighted by Crippen LogP contribution is 2.05. The van der Waals surface area contributed by atoms with Crippen LogP contribution in [0, 0.1) is 0 Å². The van der Waals surface area contributed by atoms with Crippen LogP contribution in [0.2, 0.25) is 0 Å². The number of amides is 1. The summed E-state index contributed by atoms with van der Waals surface area (Å²) < 4.78 is 0. The summed E-state index contributed by atoms with van der Waals surface area (Å²) in [5.41, 5.74) is 5.21. The zero-order valence-electron chi connectivity index (χ0n) is 7.53. The number of primary amides is 1. The molecule has 1 aliphatic rings. The topological polar surface area (TPSA) is 92.9 Å². The molecule has 0 unspecified atom stereocenters. The molecule has 4 N–H and O–H groups in total. The molecule has 0 radical (unpaired) electrons. The van der Waals surface area contributed by atoms with Gasteiger partial charge in [0.25, 0.3) is 5.91 Å². The number of hydrogen-bond acceptors (Lipinski definition) is 5. The smallest absolute Gasteiger partial charge is 0.269 e. The van der Waals surface area contributed by atoms with Crippen molar-refractivity contribution in [1.29, 1.82) is 0 Å². The first-order valence-corrected chi connectivity index (χ1v) is 4.36. The maximum absolute atomic E-state index is 10.7. The fourth-order valence-electron chi connectivity index (χ4n) is 1.14. The van der Waals surface area contributed by atoms with Crippen molar-refractivity contribution in [3.63, 3.8) is 0 Å². The van der Waals surface area contributed by atoms with Gasteiger partial charge in [0.2, 0.25) is 0 Å². The number of carbonyl (C=O) groups is 1. The molecule has 0 spiro atoms. The fraction of sp³-hybridized carbons (Fsp3) is 0.375. The molecule has 6 heteroatoms.